The van der Waals surface area contributed by atoms with Crippen LogP contribution in [0.3, 0.4) is 0 Å². The molecule has 1 aromatic rings. The molecule has 0 bridgehead atoms. The minimum Gasteiger partial charge on any atom is -0.454 e. The zero-order valence-electron chi connectivity index (χ0n) is 15.3. The molecule has 1 aromatic carbocycles. The van der Waals surface area contributed by atoms with Crippen molar-refractivity contribution in [2.75, 3.05) is 12.5 Å². The molecule has 0 aromatic heterocycles. The first-order valence-electron chi connectivity index (χ1n) is 9.01. The zero-order chi connectivity index (χ0) is 20.6. The smallest absolute Gasteiger partial charge is 0.325 e. The molecule has 11 heteroatoms. The van der Waals surface area contributed by atoms with Gasteiger partial charge in [0, 0.05) is 11.8 Å². The Bertz CT molecular complexity index is 1000. The second-order valence-electron chi connectivity index (χ2n) is 6.98. The number of hydrogen-bond donors (Lipinski definition) is 2. The Morgan fingerprint density at radius 3 is 2.79 bits per heavy atom. The van der Waals surface area contributed by atoms with Crippen molar-refractivity contribution in [3.63, 3.8) is 0 Å². The van der Waals surface area contributed by atoms with E-state index in [0.29, 0.717) is 17.1 Å². The van der Waals surface area contributed by atoms with Gasteiger partial charge in [-0.2, -0.15) is 0 Å². The molecule has 154 valence electrons. The molecule has 1 fully saturated rings. The Labute approximate surface area is 166 Å². The predicted octanol–water partition coefficient (Wildman–Crippen LogP) is 0.0428. The first kappa shape index (κ1) is 19.2. The van der Waals surface area contributed by atoms with E-state index in [0.717, 1.165) is 10.3 Å². The fourth-order valence-corrected chi connectivity index (χ4v) is 4.60. The number of carbonyl (C=O) groups excluding carboxylic acids is 3. The molecule has 29 heavy (non-hydrogen) atoms. The van der Waals surface area contributed by atoms with E-state index in [1.165, 1.54) is 6.08 Å². The van der Waals surface area contributed by atoms with Crippen molar-refractivity contribution in [3.8, 4) is 11.5 Å². The molecule has 2 N–H and O–H groups in total. The maximum absolute atomic E-state index is 12.6. The molecular formula is C18H19N3O7S. The van der Waals surface area contributed by atoms with Crippen LogP contribution in [0.5, 0.6) is 11.5 Å². The van der Waals surface area contributed by atoms with Gasteiger partial charge in [-0.15, -0.1) is 0 Å². The number of nitrogens with zero attached hydrogens (tertiary/aromatic N) is 1. The van der Waals surface area contributed by atoms with Crippen molar-refractivity contribution in [1.82, 2.24) is 15.5 Å². The van der Waals surface area contributed by atoms with Crippen LogP contribution in [0.15, 0.2) is 29.7 Å². The topological polar surface area (TPSA) is 131 Å². The van der Waals surface area contributed by atoms with Crippen LogP contribution in [0, 0.1) is 0 Å². The number of carbonyl (C=O) groups is 3. The summed E-state index contributed by atoms with van der Waals surface area (Å²) in [6, 6.07) is 3.29. The van der Waals surface area contributed by atoms with Crippen LogP contribution >= 0.6 is 0 Å². The highest BCUT2D eigenvalue weighted by atomic mass is 32.2. The average molecular weight is 421 g/mol. The Morgan fingerprint density at radius 2 is 2.03 bits per heavy atom. The molecule has 4 rings (SSSR count). The summed E-state index contributed by atoms with van der Waals surface area (Å²) in [5, 5.41) is 6.25. The van der Waals surface area contributed by atoms with Gasteiger partial charge >= 0.3 is 6.03 Å². The molecule has 0 spiro atoms. The van der Waals surface area contributed by atoms with E-state index in [9.17, 15) is 22.8 Å². The molecule has 2 atom stereocenters. The number of urea groups is 1. The Kier molecular flexibility index (Phi) is 4.91. The molecule has 4 amide bonds. The molecule has 0 aliphatic carbocycles. The number of benzene rings is 1. The van der Waals surface area contributed by atoms with Gasteiger partial charge in [-0.25, -0.2) is 13.2 Å². The summed E-state index contributed by atoms with van der Waals surface area (Å²) in [5.74, 6) is 0.212. The second kappa shape index (κ2) is 7.39. The van der Waals surface area contributed by atoms with E-state index < -0.39 is 33.9 Å². The highest BCUT2D eigenvalue weighted by molar-refractivity contribution is 7.94. The maximum atomic E-state index is 12.6. The number of sulfone groups is 1. The zero-order valence-corrected chi connectivity index (χ0v) is 16.1. The van der Waals surface area contributed by atoms with Gasteiger partial charge in [0.25, 0.3) is 5.91 Å². The summed E-state index contributed by atoms with van der Waals surface area (Å²) in [4.78, 5) is 37.9. The number of nitrogens with one attached hydrogen (secondary N) is 2. The number of amides is 4. The molecule has 3 aliphatic rings. The van der Waals surface area contributed by atoms with Crippen LogP contribution in [0.4, 0.5) is 4.79 Å². The lowest BCUT2D eigenvalue weighted by Crippen LogP contribution is -2.37. The van der Waals surface area contributed by atoms with Crippen LogP contribution < -0.4 is 20.1 Å². The Hall–Kier alpha value is -3.08. The van der Waals surface area contributed by atoms with Gasteiger partial charge in [0.2, 0.25) is 12.7 Å². The third-order valence-corrected chi connectivity index (χ3v) is 6.22. The predicted molar refractivity (Wildman–Crippen MR) is 99.5 cm³/mol. The molecular weight excluding hydrogens is 402 g/mol. The molecule has 0 saturated carbocycles. The monoisotopic (exact) mass is 421 g/mol. The van der Waals surface area contributed by atoms with Gasteiger partial charge in [-0.3, -0.25) is 14.5 Å². The van der Waals surface area contributed by atoms with Crippen molar-refractivity contribution >= 4 is 27.7 Å². The highest BCUT2D eigenvalue weighted by Gasteiger charge is 2.38. The van der Waals surface area contributed by atoms with Crippen LogP contribution in [0.25, 0.3) is 0 Å². The van der Waals surface area contributed by atoms with Gasteiger partial charge < -0.3 is 20.1 Å². The number of ether oxygens (including phenoxy) is 2. The Morgan fingerprint density at radius 1 is 1.24 bits per heavy atom. The normalized spacial score (nSPS) is 24.1. The minimum absolute atomic E-state index is 0.0149. The number of fused-ring (bicyclic) bond motifs is 1. The third-order valence-electron chi connectivity index (χ3n) is 4.82. The van der Waals surface area contributed by atoms with E-state index in [1.807, 2.05) is 0 Å². The largest absolute Gasteiger partial charge is 0.454 e. The van der Waals surface area contributed by atoms with E-state index in [-0.39, 0.29) is 37.8 Å². The van der Waals surface area contributed by atoms with Crippen LogP contribution in [-0.4, -0.2) is 55.8 Å². The lowest BCUT2D eigenvalue weighted by molar-refractivity contribution is -0.128. The minimum atomic E-state index is -3.26. The summed E-state index contributed by atoms with van der Waals surface area (Å²) in [5.41, 5.74) is 0.713. The van der Waals surface area contributed by atoms with Gasteiger partial charge in [0.15, 0.2) is 21.3 Å². The van der Waals surface area contributed by atoms with E-state index in [2.05, 4.69) is 10.6 Å². The van der Waals surface area contributed by atoms with Crippen molar-refractivity contribution in [1.29, 1.82) is 0 Å². The maximum Gasteiger partial charge on any atom is 0.325 e. The molecule has 1 saturated heterocycles. The van der Waals surface area contributed by atoms with Crippen molar-refractivity contribution < 1.29 is 32.3 Å². The highest BCUT2D eigenvalue weighted by Crippen LogP contribution is 2.33. The number of rotatable bonds is 6. The van der Waals surface area contributed by atoms with Gasteiger partial charge in [-0.1, -0.05) is 6.07 Å². The SMILES string of the molecule is O=C(CC[C@H]1NC(=O)N(Cc2ccc3c(c2)OCO3)C1=O)N[C@H]1C=CS(=O)(=O)C1. The summed E-state index contributed by atoms with van der Waals surface area (Å²) in [6.07, 6.45) is 1.53. The Balaban J connectivity index is 1.30. The van der Waals surface area contributed by atoms with Gasteiger partial charge in [-0.05, 0) is 30.2 Å². The summed E-state index contributed by atoms with van der Waals surface area (Å²) in [7, 11) is -3.26. The molecule has 10 nitrogen and oxygen atoms in total. The van der Waals surface area contributed by atoms with Crippen LogP contribution in [0.1, 0.15) is 18.4 Å². The van der Waals surface area contributed by atoms with E-state index in [4.69, 9.17) is 9.47 Å². The number of hydrogen-bond acceptors (Lipinski definition) is 7. The third kappa shape index (κ3) is 4.19. The van der Waals surface area contributed by atoms with E-state index in [1.54, 1.807) is 18.2 Å². The van der Waals surface area contributed by atoms with Crippen molar-refractivity contribution in [2.24, 2.45) is 0 Å². The molecule has 0 radical (unpaired) electrons. The summed E-state index contributed by atoms with van der Waals surface area (Å²) in [6.45, 7) is 0.212. The lowest BCUT2D eigenvalue weighted by Gasteiger charge is -2.14. The van der Waals surface area contributed by atoms with Gasteiger partial charge in [0.05, 0.1) is 18.3 Å². The van der Waals surface area contributed by atoms with Crippen molar-refractivity contribution in [3.05, 3.63) is 35.2 Å². The van der Waals surface area contributed by atoms with Crippen molar-refractivity contribution in [2.45, 2.75) is 31.5 Å². The molecule has 0 unspecified atom stereocenters. The molecule has 3 aliphatic heterocycles. The van der Waals surface area contributed by atoms with E-state index >= 15 is 0 Å². The lowest BCUT2D eigenvalue weighted by atomic mass is 10.1. The summed E-state index contributed by atoms with van der Waals surface area (Å²) >= 11 is 0. The fourth-order valence-electron chi connectivity index (χ4n) is 3.36. The first-order chi connectivity index (χ1) is 13.8. The first-order valence-corrected chi connectivity index (χ1v) is 10.7. The van der Waals surface area contributed by atoms with Crippen LogP contribution in [-0.2, 0) is 26.0 Å². The van der Waals surface area contributed by atoms with Gasteiger partial charge in [0.1, 0.15) is 6.04 Å². The molecule has 3 heterocycles. The quantitative estimate of drug-likeness (QED) is 0.620. The second-order valence-corrected chi connectivity index (χ2v) is 8.92. The fraction of sp³-hybridized carbons (Fsp3) is 0.389. The summed E-state index contributed by atoms with van der Waals surface area (Å²) < 4.78 is 33.3. The standard InChI is InChI=1S/C18H19N3O7S/c22-16(19-12-5-6-29(25,26)9-12)4-2-13-17(23)21(18(24)20-13)8-11-1-3-14-15(7-11)28-10-27-14/h1,3,5-7,12-13H,2,4,8-10H2,(H,19,22)(H,20,24)/t12-,13+/m0/s1. The van der Waals surface area contributed by atoms with Crippen LogP contribution in [0.2, 0.25) is 0 Å². The average Bonchev–Trinajstić information content (AvgIpc) is 3.33. The number of imide groups is 1.